The lowest BCUT2D eigenvalue weighted by atomic mass is 10.3. The van der Waals surface area contributed by atoms with Crippen molar-refractivity contribution in [2.24, 2.45) is 0 Å². The molecule has 0 atom stereocenters. The fourth-order valence-corrected chi connectivity index (χ4v) is 1.64. The Hall–Kier alpha value is -2.59. The normalized spacial score (nSPS) is 9.80. The molecule has 0 radical (unpaired) electrons. The Kier molecular flexibility index (Phi) is 4.52. The minimum absolute atomic E-state index is 0.293. The number of hydrogen-bond donors (Lipinski definition) is 3. The van der Waals surface area contributed by atoms with Crippen molar-refractivity contribution in [3.05, 3.63) is 35.1 Å². The maximum absolute atomic E-state index is 8.66. The average molecular weight is 290 g/mol. The Balaban J connectivity index is 1.79. The summed E-state index contributed by atoms with van der Waals surface area (Å²) in [6.45, 7) is 1.18. The van der Waals surface area contributed by atoms with Gasteiger partial charge < -0.3 is 16.4 Å². The van der Waals surface area contributed by atoms with E-state index in [1.165, 1.54) is 12.3 Å². The van der Waals surface area contributed by atoms with Crippen LogP contribution in [0.3, 0.4) is 0 Å². The molecule has 102 valence electrons. The summed E-state index contributed by atoms with van der Waals surface area (Å²) in [7, 11) is 0. The van der Waals surface area contributed by atoms with Crippen LogP contribution in [0.25, 0.3) is 0 Å². The number of nitrogen functional groups attached to an aromatic ring is 1. The van der Waals surface area contributed by atoms with Crippen molar-refractivity contribution in [2.45, 2.75) is 0 Å². The number of pyridine rings is 1. The van der Waals surface area contributed by atoms with Gasteiger partial charge in [-0.15, -0.1) is 0 Å². The van der Waals surface area contributed by atoms with Crippen molar-refractivity contribution in [3.8, 4) is 6.07 Å². The average Bonchev–Trinajstić information content (AvgIpc) is 2.43. The van der Waals surface area contributed by atoms with Crippen molar-refractivity contribution < 1.29 is 0 Å². The molecule has 2 aromatic heterocycles. The van der Waals surface area contributed by atoms with Crippen LogP contribution < -0.4 is 16.4 Å². The molecular weight excluding hydrogens is 278 g/mol. The summed E-state index contributed by atoms with van der Waals surface area (Å²) in [5.41, 5.74) is 6.08. The van der Waals surface area contributed by atoms with Gasteiger partial charge in [-0.3, -0.25) is 0 Å². The first kappa shape index (κ1) is 13.8. The maximum atomic E-state index is 8.66. The van der Waals surface area contributed by atoms with Gasteiger partial charge >= 0.3 is 0 Å². The SMILES string of the molecule is N#Cc1ccc(NCCNc2nc(N)cc(Cl)n2)nc1. The van der Waals surface area contributed by atoms with Gasteiger partial charge in [0.1, 0.15) is 22.9 Å². The van der Waals surface area contributed by atoms with Gasteiger partial charge in [-0.05, 0) is 12.1 Å². The molecule has 20 heavy (non-hydrogen) atoms. The maximum Gasteiger partial charge on any atom is 0.226 e. The Morgan fingerprint density at radius 1 is 1.25 bits per heavy atom. The summed E-state index contributed by atoms with van der Waals surface area (Å²) in [5.74, 6) is 1.39. The highest BCUT2D eigenvalue weighted by Gasteiger charge is 2.00. The number of anilines is 3. The van der Waals surface area contributed by atoms with Crippen LogP contribution in [0, 0.1) is 11.3 Å². The number of nitrogens with two attached hydrogens (primary N) is 1. The number of nitriles is 1. The fraction of sp³-hybridized carbons (Fsp3) is 0.167. The monoisotopic (exact) mass is 289 g/mol. The van der Waals surface area contributed by atoms with Crippen LogP contribution in [0.2, 0.25) is 5.15 Å². The van der Waals surface area contributed by atoms with Gasteiger partial charge in [-0.2, -0.15) is 10.2 Å². The second kappa shape index (κ2) is 6.54. The van der Waals surface area contributed by atoms with E-state index in [9.17, 15) is 0 Å². The quantitative estimate of drug-likeness (QED) is 0.565. The molecule has 2 rings (SSSR count). The first-order chi connectivity index (χ1) is 9.67. The second-order valence-corrected chi connectivity index (χ2v) is 4.22. The Morgan fingerprint density at radius 2 is 2.05 bits per heavy atom. The molecule has 2 aromatic rings. The number of aromatic nitrogens is 3. The van der Waals surface area contributed by atoms with E-state index >= 15 is 0 Å². The third kappa shape index (κ3) is 3.96. The van der Waals surface area contributed by atoms with Crippen molar-refractivity contribution in [2.75, 3.05) is 29.5 Å². The lowest BCUT2D eigenvalue weighted by Gasteiger charge is -2.07. The minimum Gasteiger partial charge on any atom is -0.383 e. The zero-order valence-corrected chi connectivity index (χ0v) is 11.2. The zero-order chi connectivity index (χ0) is 14.4. The highest BCUT2D eigenvalue weighted by atomic mass is 35.5. The molecule has 0 fully saturated rings. The van der Waals surface area contributed by atoms with E-state index in [4.69, 9.17) is 22.6 Å². The van der Waals surface area contributed by atoms with Crippen LogP contribution in [-0.4, -0.2) is 28.0 Å². The van der Waals surface area contributed by atoms with E-state index < -0.39 is 0 Å². The largest absolute Gasteiger partial charge is 0.383 e. The van der Waals surface area contributed by atoms with E-state index in [1.807, 2.05) is 6.07 Å². The fourth-order valence-electron chi connectivity index (χ4n) is 1.44. The Labute approximate surface area is 120 Å². The van der Waals surface area contributed by atoms with E-state index in [-0.39, 0.29) is 0 Å². The van der Waals surface area contributed by atoms with Crippen molar-refractivity contribution in [1.29, 1.82) is 5.26 Å². The molecule has 0 aromatic carbocycles. The predicted octanol–water partition coefficient (Wildman–Crippen LogP) is 1.50. The van der Waals surface area contributed by atoms with Gasteiger partial charge in [-0.1, -0.05) is 11.6 Å². The summed E-state index contributed by atoms with van der Waals surface area (Å²) in [4.78, 5) is 12.1. The van der Waals surface area contributed by atoms with Crippen molar-refractivity contribution in [1.82, 2.24) is 15.0 Å². The molecule has 0 spiro atoms. The number of rotatable bonds is 5. The van der Waals surface area contributed by atoms with Crippen LogP contribution in [-0.2, 0) is 0 Å². The molecule has 0 bridgehead atoms. The third-order valence-electron chi connectivity index (χ3n) is 2.32. The van der Waals surface area contributed by atoms with Crippen LogP contribution in [0.15, 0.2) is 24.4 Å². The first-order valence-corrected chi connectivity index (χ1v) is 6.19. The van der Waals surface area contributed by atoms with Gasteiger partial charge in [0.15, 0.2) is 0 Å². The van der Waals surface area contributed by atoms with Crippen LogP contribution >= 0.6 is 11.6 Å². The summed E-state index contributed by atoms with van der Waals surface area (Å²) in [6.07, 6.45) is 1.51. The lowest BCUT2D eigenvalue weighted by molar-refractivity contribution is 1.02. The van der Waals surface area contributed by atoms with Crippen molar-refractivity contribution >= 4 is 29.2 Å². The molecule has 0 amide bonds. The topological polar surface area (TPSA) is 113 Å². The van der Waals surface area contributed by atoms with Crippen LogP contribution in [0.5, 0.6) is 0 Å². The molecule has 0 aliphatic carbocycles. The van der Waals surface area contributed by atoms with Gasteiger partial charge in [0.25, 0.3) is 0 Å². The van der Waals surface area contributed by atoms with E-state index in [0.29, 0.717) is 41.4 Å². The molecule has 8 heteroatoms. The first-order valence-electron chi connectivity index (χ1n) is 5.81. The minimum atomic E-state index is 0.293. The van der Waals surface area contributed by atoms with Crippen LogP contribution in [0.4, 0.5) is 17.6 Å². The molecular formula is C12H12ClN7. The summed E-state index contributed by atoms with van der Waals surface area (Å²) >= 11 is 5.76. The molecule has 4 N–H and O–H groups in total. The second-order valence-electron chi connectivity index (χ2n) is 3.84. The molecule has 2 heterocycles. The van der Waals surface area contributed by atoms with Gasteiger partial charge in [-0.25, -0.2) is 9.97 Å². The smallest absolute Gasteiger partial charge is 0.226 e. The van der Waals surface area contributed by atoms with Gasteiger partial charge in [0.2, 0.25) is 5.95 Å². The Bertz CT molecular complexity index is 600. The molecule has 0 saturated carbocycles. The van der Waals surface area contributed by atoms with Crippen molar-refractivity contribution in [3.63, 3.8) is 0 Å². The summed E-state index contributed by atoms with van der Waals surface area (Å²) in [5, 5.41) is 15.0. The molecule has 0 saturated heterocycles. The van der Waals surface area contributed by atoms with Gasteiger partial charge in [0.05, 0.1) is 5.56 Å². The van der Waals surface area contributed by atoms with Crippen LogP contribution in [0.1, 0.15) is 5.56 Å². The highest BCUT2D eigenvalue weighted by Crippen LogP contribution is 2.11. The Morgan fingerprint density at radius 3 is 2.70 bits per heavy atom. The highest BCUT2D eigenvalue weighted by molar-refractivity contribution is 6.29. The summed E-state index contributed by atoms with van der Waals surface area (Å²) < 4.78 is 0. The lowest BCUT2D eigenvalue weighted by Crippen LogP contribution is -2.16. The van der Waals surface area contributed by atoms with E-state index in [1.54, 1.807) is 12.1 Å². The molecule has 0 aliphatic rings. The number of nitrogens with one attached hydrogen (secondary N) is 2. The third-order valence-corrected chi connectivity index (χ3v) is 2.52. The van der Waals surface area contributed by atoms with E-state index in [0.717, 1.165) is 0 Å². The summed E-state index contributed by atoms with van der Waals surface area (Å²) in [6, 6.07) is 6.93. The molecule has 0 unspecified atom stereocenters. The molecule has 7 nitrogen and oxygen atoms in total. The standard InChI is InChI=1S/C12H12ClN7/c13-9-5-10(15)20-12(19-9)17-4-3-16-11-2-1-8(6-14)7-18-11/h1-2,5,7H,3-4H2,(H,16,18)(H3,15,17,19,20). The number of halogens is 1. The van der Waals surface area contributed by atoms with E-state index in [2.05, 4.69) is 25.6 Å². The number of hydrogen-bond acceptors (Lipinski definition) is 7. The molecule has 0 aliphatic heterocycles. The predicted molar refractivity (Wildman–Crippen MR) is 77.4 cm³/mol. The van der Waals surface area contributed by atoms with Gasteiger partial charge in [0, 0.05) is 25.4 Å². The number of nitrogens with zero attached hydrogens (tertiary/aromatic N) is 4. The zero-order valence-electron chi connectivity index (χ0n) is 10.5.